The second kappa shape index (κ2) is 7.10. The topological polar surface area (TPSA) is 39.1 Å². The summed E-state index contributed by atoms with van der Waals surface area (Å²) in [6.45, 7) is 3.16. The molecule has 108 valence electrons. The van der Waals surface area contributed by atoms with Gasteiger partial charge in [-0.15, -0.1) is 0 Å². The average Bonchev–Trinajstić information content (AvgIpc) is 2.85. The van der Waals surface area contributed by atoms with Gasteiger partial charge in [0.05, 0.1) is 13.3 Å². The Balaban J connectivity index is 1.79. The van der Waals surface area contributed by atoms with Crippen LogP contribution in [-0.2, 0) is 19.9 Å². The number of nitrogens with one attached hydrogen (secondary N) is 1. The molecule has 4 nitrogen and oxygen atoms in total. The largest absolute Gasteiger partial charge is 0.496 e. The van der Waals surface area contributed by atoms with Crippen LogP contribution < -0.4 is 10.1 Å². The summed E-state index contributed by atoms with van der Waals surface area (Å²) in [5, 5.41) is 7.72. The summed E-state index contributed by atoms with van der Waals surface area (Å²) in [5.41, 5.74) is 2.51. The van der Waals surface area contributed by atoms with Gasteiger partial charge in [0.15, 0.2) is 0 Å². The normalized spacial score (nSPS) is 12.3. The lowest BCUT2D eigenvalue weighted by molar-refractivity contribution is 0.406. The van der Waals surface area contributed by atoms with Crippen LogP contribution in [0.2, 0.25) is 0 Å². The van der Waals surface area contributed by atoms with E-state index in [1.54, 1.807) is 7.11 Å². The minimum absolute atomic E-state index is 0.419. The SMILES string of the molecule is COc1ccccc1CC(C)NCCc1cnn(C)c1. The fourth-order valence-corrected chi connectivity index (χ4v) is 2.34. The van der Waals surface area contributed by atoms with Crippen LogP contribution in [-0.4, -0.2) is 29.5 Å². The molecule has 20 heavy (non-hydrogen) atoms. The number of hydrogen-bond donors (Lipinski definition) is 1. The zero-order valence-electron chi connectivity index (χ0n) is 12.5. The highest BCUT2D eigenvalue weighted by molar-refractivity contribution is 5.33. The van der Waals surface area contributed by atoms with Crippen molar-refractivity contribution in [3.05, 3.63) is 47.8 Å². The molecule has 0 saturated heterocycles. The maximum Gasteiger partial charge on any atom is 0.122 e. The molecule has 1 aromatic heterocycles. The number of para-hydroxylation sites is 1. The molecule has 0 spiro atoms. The van der Waals surface area contributed by atoms with Crippen molar-refractivity contribution in [2.24, 2.45) is 7.05 Å². The molecule has 0 bridgehead atoms. The van der Waals surface area contributed by atoms with Crippen LogP contribution in [0, 0.1) is 0 Å². The molecule has 2 rings (SSSR count). The first-order chi connectivity index (χ1) is 9.69. The number of rotatable bonds is 7. The summed E-state index contributed by atoms with van der Waals surface area (Å²) >= 11 is 0. The van der Waals surface area contributed by atoms with Gasteiger partial charge in [-0.25, -0.2) is 0 Å². The molecule has 0 aliphatic heterocycles. The third kappa shape index (κ3) is 4.10. The zero-order valence-corrected chi connectivity index (χ0v) is 12.5. The molecule has 1 aromatic carbocycles. The molecule has 0 fully saturated rings. The second-order valence-electron chi connectivity index (χ2n) is 5.14. The number of benzene rings is 1. The van der Waals surface area contributed by atoms with E-state index in [0.29, 0.717) is 6.04 Å². The van der Waals surface area contributed by atoms with E-state index in [4.69, 9.17) is 4.74 Å². The minimum Gasteiger partial charge on any atom is -0.496 e. The van der Waals surface area contributed by atoms with E-state index in [0.717, 1.165) is 25.1 Å². The number of ether oxygens (including phenoxy) is 1. The number of nitrogens with zero attached hydrogens (tertiary/aromatic N) is 2. The van der Waals surface area contributed by atoms with Gasteiger partial charge in [-0.2, -0.15) is 5.10 Å². The Morgan fingerprint density at radius 1 is 1.35 bits per heavy atom. The summed E-state index contributed by atoms with van der Waals surface area (Å²) in [6, 6.07) is 8.61. The van der Waals surface area contributed by atoms with Crippen molar-refractivity contribution in [3.63, 3.8) is 0 Å². The summed E-state index contributed by atoms with van der Waals surface area (Å²) in [5.74, 6) is 0.966. The molecule has 0 aliphatic carbocycles. The van der Waals surface area contributed by atoms with Crippen LogP contribution in [0.15, 0.2) is 36.7 Å². The van der Waals surface area contributed by atoms with Gasteiger partial charge in [0.25, 0.3) is 0 Å². The van der Waals surface area contributed by atoms with Crippen LogP contribution in [0.1, 0.15) is 18.1 Å². The Kier molecular flexibility index (Phi) is 5.18. The molecule has 0 amide bonds. The van der Waals surface area contributed by atoms with Crippen LogP contribution >= 0.6 is 0 Å². The van der Waals surface area contributed by atoms with Crippen molar-refractivity contribution >= 4 is 0 Å². The predicted octanol–water partition coefficient (Wildman–Crippen LogP) is 2.19. The maximum absolute atomic E-state index is 5.38. The van der Waals surface area contributed by atoms with Gasteiger partial charge in [0.1, 0.15) is 5.75 Å². The van der Waals surface area contributed by atoms with Gasteiger partial charge >= 0.3 is 0 Å². The van der Waals surface area contributed by atoms with Gasteiger partial charge in [0, 0.05) is 19.3 Å². The molecular formula is C16H23N3O. The zero-order chi connectivity index (χ0) is 14.4. The Morgan fingerprint density at radius 2 is 2.15 bits per heavy atom. The summed E-state index contributed by atoms with van der Waals surface area (Å²) in [4.78, 5) is 0. The lowest BCUT2D eigenvalue weighted by Crippen LogP contribution is -2.30. The molecular weight excluding hydrogens is 250 g/mol. The van der Waals surface area contributed by atoms with Gasteiger partial charge in [-0.1, -0.05) is 18.2 Å². The quantitative estimate of drug-likeness (QED) is 0.840. The molecule has 2 aromatic rings. The molecule has 1 heterocycles. The molecule has 4 heteroatoms. The van der Waals surface area contributed by atoms with E-state index in [-0.39, 0.29) is 0 Å². The number of methoxy groups -OCH3 is 1. The highest BCUT2D eigenvalue weighted by Crippen LogP contribution is 2.18. The van der Waals surface area contributed by atoms with Gasteiger partial charge < -0.3 is 10.1 Å². The average molecular weight is 273 g/mol. The monoisotopic (exact) mass is 273 g/mol. The van der Waals surface area contributed by atoms with E-state index >= 15 is 0 Å². The van der Waals surface area contributed by atoms with Crippen molar-refractivity contribution < 1.29 is 4.74 Å². The fraction of sp³-hybridized carbons (Fsp3) is 0.438. The Morgan fingerprint density at radius 3 is 2.85 bits per heavy atom. The number of aromatic nitrogens is 2. The van der Waals surface area contributed by atoms with Crippen molar-refractivity contribution in [2.75, 3.05) is 13.7 Å². The predicted molar refractivity (Wildman–Crippen MR) is 81.1 cm³/mol. The Bertz CT molecular complexity index is 536. The van der Waals surface area contributed by atoms with E-state index < -0.39 is 0 Å². The van der Waals surface area contributed by atoms with Crippen LogP contribution in [0.4, 0.5) is 0 Å². The summed E-state index contributed by atoms with van der Waals surface area (Å²) in [6.07, 6.45) is 5.96. The van der Waals surface area contributed by atoms with Crippen molar-refractivity contribution in [1.82, 2.24) is 15.1 Å². The highest BCUT2D eigenvalue weighted by atomic mass is 16.5. The highest BCUT2D eigenvalue weighted by Gasteiger charge is 2.07. The summed E-state index contributed by atoms with van der Waals surface area (Å²) in [7, 11) is 3.67. The first-order valence-electron chi connectivity index (χ1n) is 7.02. The van der Waals surface area contributed by atoms with Crippen molar-refractivity contribution in [1.29, 1.82) is 0 Å². The molecule has 0 radical (unpaired) electrons. The third-order valence-electron chi connectivity index (χ3n) is 3.38. The number of aryl methyl sites for hydroxylation is 1. The van der Waals surface area contributed by atoms with E-state index in [9.17, 15) is 0 Å². The maximum atomic E-state index is 5.38. The minimum atomic E-state index is 0.419. The fourth-order valence-electron chi connectivity index (χ4n) is 2.34. The smallest absolute Gasteiger partial charge is 0.122 e. The van der Waals surface area contributed by atoms with Crippen LogP contribution in [0.3, 0.4) is 0 Å². The van der Waals surface area contributed by atoms with Crippen molar-refractivity contribution in [3.8, 4) is 5.75 Å². The lowest BCUT2D eigenvalue weighted by atomic mass is 10.1. The van der Waals surface area contributed by atoms with E-state index in [1.807, 2.05) is 30.1 Å². The Labute approximate surface area is 120 Å². The van der Waals surface area contributed by atoms with Crippen LogP contribution in [0.5, 0.6) is 5.75 Å². The summed E-state index contributed by atoms with van der Waals surface area (Å²) < 4.78 is 7.22. The van der Waals surface area contributed by atoms with Gasteiger partial charge in [-0.05, 0) is 43.5 Å². The van der Waals surface area contributed by atoms with Gasteiger partial charge in [-0.3, -0.25) is 4.68 Å². The standard InChI is InChI=1S/C16H23N3O/c1-13(10-15-6-4-5-7-16(15)20-3)17-9-8-14-11-18-19(2)12-14/h4-7,11-13,17H,8-10H2,1-3H3. The third-order valence-corrected chi connectivity index (χ3v) is 3.38. The van der Waals surface area contributed by atoms with Crippen LogP contribution in [0.25, 0.3) is 0 Å². The van der Waals surface area contributed by atoms with Crippen molar-refractivity contribution in [2.45, 2.75) is 25.8 Å². The van der Waals surface area contributed by atoms with Gasteiger partial charge in [0.2, 0.25) is 0 Å². The molecule has 0 saturated carbocycles. The van der Waals surface area contributed by atoms with E-state index in [1.165, 1.54) is 11.1 Å². The second-order valence-corrected chi connectivity index (χ2v) is 5.14. The Hall–Kier alpha value is -1.81. The lowest BCUT2D eigenvalue weighted by Gasteiger charge is -2.15. The van der Waals surface area contributed by atoms with E-state index in [2.05, 4.69) is 35.7 Å². The first kappa shape index (κ1) is 14.6. The first-order valence-corrected chi connectivity index (χ1v) is 7.02. The molecule has 1 unspecified atom stereocenters. The molecule has 0 aliphatic rings. The number of hydrogen-bond acceptors (Lipinski definition) is 3. The molecule has 1 atom stereocenters. The molecule has 1 N–H and O–H groups in total.